The molecule has 0 saturated carbocycles. The molecule has 0 aliphatic carbocycles. The van der Waals surface area contributed by atoms with Crippen LogP contribution >= 0.6 is 0 Å². The minimum atomic E-state index is 1.19. The van der Waals surface area contributed by atoms with Crippen LogP contribution < -0.4 is 0 Å². The fourth-order valence-electron chi connectivity index (χ4n) is 5.61. The van der Waals surface area contributed by atoms with Crippen molar-refractivity contribution in [3.63, 3.8) is 0 Å². The number of benzene rings is 5. The molecular formula is C28H16N2. The number of H-pyrrole nitrogens is 1. The summed E-state index contributed by atoms with van der Waals surface area (Å²) in [6.45, 7) is 0. The van der Waals surface area contributed by atoms with Gasteiger partial charge in [-0.05, 0) is 46.5 Å². The molecule has 2 nitrogen and oxygen atoms in total. The van der Waals surface area contributed by atoms with Gasteiger partial charge in [0.25, 0.3) is 0 Å². The van der Waals surface area contributed by atoms with Gasteiger partial charge in [0, 0.05) is 38.0 Å². The van der Waals surface area contributed by atoms with Crippen molar-refractivity contribution in [3.05, 3.63) is 91.0 Å². The van der Waals surface area contributed by atoms with Crippen LogP contribution in [0.5, 0.6) is 0 Å². The van der Waals surface area contributed by atoms with Gasteiger partial charge in [0.2, 0.25) is 0 Å². The lowest BCUT2D eigenvalue weighted by Gasteiger charge is -2.03. The Morgan fingerprint density at radius 3 is 2.03 bits per heavy atom. The quantitative estimate of drug-likeness (QED) is 0.279. The summed E-state index contributed by atoms with van der Waals surface area (Å²) >= 11 is 0. The first-order valence-corrected chi connectivity index (χ1v) is 10.4. The molecule has 0 radical (unpaired) electrons. The number of nitrogens with zero attached hydrogens (tertiary/aromatic N) is 1. The maximum atomic E-state index is 3.65. The molecule has 5 aromatic carbocycles. The van der Waals surface area contributed by atoms with E-state index >= 15 is 0 Å². The Morgan fingerprint density at radius 1 is 0.500 bits per heavy atom. The van der Waals surface area contributed by atoms with Gasteiger partial charge >= 0.3 is 0 Å². The topological polar surface area (TPSA) is 20.2 Å². The Balaban J connectivity index is 1.86. The van der Waals surface area contributed by atoms with Gasteiger partial charge in [0.15, 0.2) is 0 Å². The Morgan fingerprint density at radius 2 is 1.17 bits per heavy atom. The summed E-state index contributed by atoms with van der Waals surface area (Å²) in [4.78, 5) is 3.65. The van der Waals surface area contributed by atoms with Crippen LogP contribution in [0.4, 0.5) is 0 Å². The van der Waals surface area contributed by atoms with Crippen molar-refractivity contribution in [1.29, 1.82) is 0 Å². The molecule has 0 fully saturated rings. The van der Waals surface area contributed by atoms with E-state index in [0.717, 1.165) is 0 Å². The molecule has 138 valence electrons. The molecule has 1 N–H and O–H groups in total. The molecule has 0 unspecified atom stereocenters. The summed E-state index contributed by atoms with van der Waals surface area (Å²) in [6.07, 6.45) is 0. The van der Waals surface area contributed by atoms with E-state index in [1.165, 1.54) is 70.7 Å². The summed E-state index contributed by atoms with van der Waals surface area (Å²) in [5.41, 5.74) is 6.22. The van der Waals surface area contributed by atoms with E-state index in [4.69, 9.17) is 0 Å². The second kappa shape index (κ2) is 4.92. The predicted octanol–water partition coefficient (Wildman–Crippen LogP) is 7.62. The molecule has 0 spiro atoms. The van der Waals surface area contributed by atoms with Gasteiger partial charge in [-0.3, -0.25) is 0 Å². The largest absolute Gasteiger partial charge is 0.354 e. The number of aromatic nitrogens is 2. The van der Waals surface area contributed by atoms with Crippen molar-refractivity contribution >= 4 is 70.7 Å². The third-order valence-corrected chi connectivity index (χ3v) is 6.81. The molecule has 0 aliphatic rings. The summed E-state index contributed by atoms with van der Waals surface area (Å²) < 4.78 is 2.49. The summed E-state index contributed by atoms with van der Waals surface area (Å²) in [5, 5.41) is 10.4. The fraction of sp³-hybridized carbons (Fsp3) is 0. The highest BCUT2D eigenvalue weighted by atomic mass is 14.9. The van der Waals surface area contributed by atoms with Gasteiger partial charge in [-0.2, -0.15) is 0 Å². The fourth-order valence-corrected chi connectivity index (χ4v) is 5.61. The minimum absolute atomic E-state index is 1.19. The summed E-state index contributed by atoms with van der Waals surface area (Å²) in [6, 6.07) is 33.4. The van der Waals surface area contributed by atoms with Gasteiger partial charge in [-0.1, -0.05) is 60.7 Å². The molecule has 2 heteroatoms. The van der Waals surface area contributed by atoms with E-state index in [9.17, 15) is 0 Å². The van der Waals surface area contributed by atoms with E-state index in [-0.39, 0.29) is 0 Å². The van der Waals surface area contributed by atoms with Gasteiger partial charge in [0.05, 0.1) is 16.6 Å². The zero-order chi connectivity index (χ0) is 19.4. The highest BCUT2D eigenvalue weighted by Crippen LogP contribution is 2.42. The molecule has 8 rings (SSSR count). The van der Waals surface area contributed by atoms with E-state index in [1.54, 1.807) is 0 Å². The molecule has 3 aromatic heterocycles. The molecular weight excluding hydrogens is 364 g/mol. The lowest BCUT2D eigenvalue weighted by Crippen LogP contribution is -1.85. The van der Waals surface area contributed by atoms with Crippen LogP contribution in [0.1, 0.15) is 0 Å². The SMILES string of the molecule is c1ccc2cc3c(cc2c1)c1cccc2c4cccc5[nH]c6cccc(c6c54)n3c21. The van der Waals surface area contributed by atoms with Crippen LogP contribution in [0.25, 0.3) is 70.7 Å². The van der Waals surface area contributed by atoms with E-state index < -0.39 is 0 Å². The lowest BCUT2D eigenvalue weighted by molar-refractivity contribution is 1.36. The zero-order valence-corrected chi connectivity index (χ0v) is 16.1. The number of hydrogen-bond donors (Lipinski definition) is 1. The molecule has 3 heterocycles. The van der Waals surface area contributed by atoms with Gasteiger partial charge in [0.1, 0.15) is 0 Å². The lowest BCUT2D eigenvalue weighted by atomic mass is 10.0. The zero-order valence-electron chi connectivity index (χ0n) is 16.1. The maximum absolute atomic E-state index is 3.65. The van der Waals surface area contributed by atoms with Crippen molar-refractivity contribution in [2.24, 2.45) is 0 Å². The number of rotatable bonds is 0. The third-order valence-electron chi connectivity index (χ3n) is 6.81. The summed E-state index contributed by atoms with van der Waals surface area (Å²) in [7, 11) is 0. The van der Waals surface area contributed by atoms with E-state index in [1.807, 2.05) is 0 Å². The number of aromatic amines is 1. The highest BCUT2D eigenvalue weighted by molar-refractivity contribution is 6.31. The third kappa shape index (κ3) is 1.60. The Labute approximate surface area is 171 Å². The smallest absolute Gasteiger partial charge is 0.0619 e. The number of nitrogens with one attached hydrogen (secondary N) is 1. The molecule has 0 bridgehead atoms. The first-order chi connectivity index (χ1) is 14.9. The standard InChI is InChI=1S/C28H16N2/c1-2-7-17-15-25-21(14-16(17)6-1)20-10-3-9-19-18-8-4-11-22-26(18)27-23(29-22)12-5-13-24(27)30(25)28(19)20/h1-15,29H. The second-order valence-corrected chi connectivity index (χ2v) is 8.31. The van der Waals surface area contributed by atoms with Crippen LogP contribution in [-0.4, -0.2) is 9.38 Å². The average Bonchev–Trinajstić information content (AvgIpc) is 3.28. The first kappa shape index (κ1) is 14.9. The van der Waals surface area contributed by atoms with E-state index in [0.29, 0.717) is 0 Å². The minimum Gasteiger partial charge on any atom is -0.354 e. The van der Waals surface area contributed by atoms with Gasteiger partial charge in [-0.25, -0.2) is 0 Å². The monoisotopic (exact) mass is 380 g/mol. The van der Waals surface area contributed by atoms with Crippen molar-refractivity contribution in [1.82, 2.24) is 9.38 Å². The number of fused-ring (bicyclic) bond motifs is 6. The maximum Gasteiger partial charge on any atom is 0.0619 e. The Kier molecular flexibility index (Phi) is 2.44. The van der Waals surface area contributed by atoms with Crippen molar-refractivity contribution in [2.75, 3.05) is 0 Å². The normalized spacial score (nSPS) is 12.7. The van der Waals surface area contributed by atoms with Crippen LogP contribution in [0.3, 0.4) is 0 Å². The van der Waals surface area contributed by atoms with Crippen LogP contribution in [0, 0.1) is 0 Å². The number of hydrogen-bond acceptors (Lipinski definition) is 0. The Bertz CT molecular complexity index is 1950. The van der Waals surface area contributed by atoms with E-state index in [2.05, 4.69) is 100 Å². The summed E-state index contributed by atoms with van der Waals surface area (Å²) in [5.74, 6) is 0. The first-order valence-electron chi connectivity index (χ1n) is 10.4. The predicted molar refractivity (Wildman–Crippen MR) is 128 cm³/mol. The van der Waals surface area contributed by atoms with Crippen LogP contribution in [-0.2, 0) is 0 Å². The average molecular weight is 380 g/mol. The van der Waals surface area contributed by atoms with Gasteiger partial charge in [-0.15, -0.1) is 0 Å². The molecule has 0 amide bonds. The van der Waals surface area contributed by atoms with Crippen molar-refractivity contribution < 1.29 is 0 Å². The molecule has 0 saturated heterocycles. The Hall–Kier alpha value is -4.04. The second-order valence-electron chi connectivity index (χ2n) is 8.31. The molecule has 8 aromatic rings. The van der Waals surface area contributed by atoms with Crippen molar-refractivity contribution in [2.45, 2.75) is 0 Å². The molecule has 0 atom stereocenters. The molecule has 0 aliphatic heterocycles. The van der Waals surface area contributed by atoms with Crippen LogP contribution in [0.15, 0.2) is 91.0 Å². The molecule has 30 heavy (non-hydrogen) atoms. The number of para-hydroxylation sites is 1. The van der Waals surface area contributed by atoms with Crippen LogP contribution in [0.2, 0.25) is 0 Å². The highest BCUT2D eigenvalue weighted by Gasteiger charge is 2.18. The van der Waals surface area contributed by atoms with Gasteiger partial charge < -0.3 is 9.38 Å². The van der Waals surface area contributed by atoms with Crippen molar-refractivity contribution in [3.8, 4) is 0 Å².